The van der Waals surface area contributed by atoms with E-state index in [0.717, 1.165) is 28.6 Å². The number of hydrogen-bond acceptors (Lipinski definition) is 6. The molecule has 5 rings (SSSR count). The Labute approximate surface area is 195 Å². The number of aliphatic carboxylic acids is 1. The van der Waals surface area contributed by atoms with Crippen LogP contribution in [-0.2, 0) is 16.1 Å². The van der Waals surface area contributed by atoms with E-state index in [1.165, 1.54) is 4.90 Å². The zero-order valence-electron chi connectivity index (χ0n) is 18.3. The Morgan fingerprint density at radius 2 is 1.71 bits per heavy atom. The van der Waals surface area contributed by atoms with Gasteiger partial charge >= 0.3 is 12.1 Å². The van der Waals surface area contributed by atoms with Crippen LogP contribution < -0.4 is 5.32 Å². The summed E-state index contributed by atoms with van der Waals surface area (Å²) in [6, 6.07) is 16.2. The molecule has 34 heavy (non-hydrogen) atoms. The number of carbonyl (C=O) groups excluding carboxylic acids is 2. The lowest BCUT2D eigenvalue weighted by Gasteiger charge is -2.38. The lowest BCUT2D eigenvalue weighted by Crippen LogP contribution is -2.50. The van der Waals surface area contributed by atoms with Crippen LogP contribution in [0, 0.1) is 5.92 Å². The molecule has 0 atom stereocenters. The number of carboxylic acids is 1. The predicted molar refractivity (Wildman–Crippen MR) is 120 cm³/mol. The third kappa shape index (κ3) is 4.12. The van der Waals surface area contributed by atoms with E-state index in [9.17, 15) is 14.4 Å². The number of rotatable bonds is 7. The van der Waals surface area contributed by atoms with Gasteiger partial charge in [-0.05, 0) is 22.3 Å². The first-order valence-electron chi connectivity index (χ1n) is 11.0. The van der Waals surface area contributed by atoms with Crippen molar-refractivity contribution < 1.29 is 28.6 Å². The Morgan fingerprint density at radius 1 is 1.06 bits per heavy atom. The van der Waals surface area contributed by atoms with E-state index < -0.39 is 12.1 Å². The maximum atomic E-state index is 12.6. The SMILES string of the molecule is O=C(O)CC1CN(C(=O)c2ncoc2CNC(=O)OCC2c3ccccc3-c3ccccc32)C1. The molecule has 0 bridgehead atoms. The Balaban J connectivity index is 1.16. The maximum Gasteiger partial charge on any atom is 0.407 e. The molecule has 1 aliphatic carbocycles. The molecule has 174 valence electrons. The summed E-state index contributed by atoms with van der Waals surface area (Å²) < 4.78 is 10.8. The van der Waals surface area contributed by atoms with Crippen LogP contribution in [0.2, 0.25) is 0 Å². The van der Waals surface area contributed by atoms with Crippen molar-refractivity contribution in [1.82, 2.24) is 15.2 Å². The number of ether oxygens (including phenoxy) is 1. The van der Waals surface area contributed by atoms with Crippen molar-refractivity contribution in [2.24, 2.45) is 5.92 Å². The summed E-state index contributed by atoms with van der Waals surface area (Å²) in [5.74, 6) is -1.12. The number of fused-ring (bicyclic) bond motifs is 3. The first-order chi connectivity index (χ1) is 16.5. The normalized spacial score (nSPS) is 14.8. The summed E-state index contributed by atoms with van der Waals surface area (Å²) in [4.78, 5) is 41.3. The van der Waals surface area contributed by atoms with Crippen molar-refractivity contribution in [3.05, 3.63) is 77.5 Å². The van der Waals surface area contributed by atoms with Gasteiger partial charge in [0.25, 0.3) is 5.91 Å². The molecule has 1 aliphatic heterocycles. The van der Waals surface area contributed by atoms with E-state index in [0.29, 0.717) is 13.1 Å². The van der Waals surface area contributed by atoms with Gasteiger partial charge in [-0.1, -0.05) is 48.5 Å². The number of nitrogens with one attached hydrogen (secondary N) is 1. The minimum absolute atomic E-state index is 0.0266. The summed E-state index contributed by atoms with van der Waals surface area (Å²) in [5.41, 5.74) is 4.64. The lowest BCUT2D eigenvalue weighted by atomic mass is 9.96. The lowest BCUT2D eigenvalue weighted by molar-refractivity contribution is -0.139. The van der Waals surface area contributed by atoms with Crippen LogP contribution in [0.15, 0.2) is 59.3 Å². The van der Waals surface area contributed by atoms with Gasteiger partial charge in [-0.2, -0.15) is 0 Å². The molecule has 0 spiro atoms. The number of nitrogens with zero attached hydrogens (tertiary/aromatic N) is 2. The highest BCUT2D eigenvalue weighted by Crippen LogP contribution is 2.44. The molecule has 2 heterocycles. The third-order valence-corrected chi connectivity index (χ3v) is 6.29. The Hall–Kier alpha value is -4.14. The smallest absolute Gasteiger partial charge is 0.407 e. The van der Waals surface area contributed by atoms with Gasteiger partial charge in [0.1, 0.15) is 6.61 Å². The quantitative estimate of drug-likeness (QED) is 0.554. The van der Waals surface area contributed by atoms with Gasteiger partial charge in [0, 0.05) is 24.9 Å². The van der Waals surface area contributed by atoms with Gasteiger partial charge in [0.2, 0.25) is 0 Å². The zero-order valence-corrected chi connectivity index (χ0v) is 18.3. The second-order valence-corrected chi connectivity index (χ2v) is 8.48. The molecule has 0 unspecified atom stereocenters. The van der Waals surface area contributed by atoms with Gasteiger partial charge in [-0.25, -0.2) is 9.78 Å². The van der Waals surface area contributed by atoms with Crippen LogP contribution in [0.1, 0.15) is 39.7 Å². The second kappa shape index (κ2) is 9.01. The molecule has 2 N–H and O–H groups in total. The number of carboxylic acid groups (broad SMARTS) is 1. The van der Waals surface area contributed by atoms with E-state index in [1.54, 1.807) is 0 Å². The predicted octanol–water partition coefficient (Wildman–Crippen LogP) is 3.26. The highest BCUT2D eigenvalue weighted by molar-refractivity contribution is 5.94. The molecular formula is C25H23N3O6. The third-order valence-electron chi connectivity index (χ3n) is 6.29. The Kier molecular flexibility index (Phi) is 5.75. The Bertz CT molecular complexity index is 1200. The molecule has 1 saturated heterocycles. The summed E-state index contributed by atoms with van der Waals surface area (Å²) in [6.45, 7) is 0.847. The topological polar surface area (TPSA) is 122 Å². The van der Waals surface area contributed by atoms with Gasteiger partial charge in [0.15, 0.2) is 17.8 Å². The highest BCUT2D eigenvalue weighted by atomic mass is 16.5. The summed E-state index contributed by atoms with van der Waals surface area (Å²) in [5, 5.41) is 11.5. The highest BCUT2D eigenvalue weighted by Gasteiger charge is 2.35. The van der Waals surface area contributed by atoms with Crippen LogP contribution in [0.25, 0.3) is 11.1 Å². The molecule has 3 aromatic rings. The van der Waals surface area contributed by atoms with E-state index in [-0.39, 0.29) is 48.8 Å². The van der Waals surface area contributed by atoms with E-state index in [2.05, 4.69) is 22.4 Å². The number of likely N-dealkylation sites (tertiary alicyclic amines) is 1. The summed E-state index contributed by atoms with van der Waals surface area (Å²) in [6.07, 6.45) is 0.553. The van der Waals surface area contributed by atoms with Crippen LogP contribution in [0.4, 0.5) is 4.79 Å². The van der Waals surface area contributed by atoms with Gasteiger partial charge in [-0.3, -0.25) is 9.59 Å². The monoisotopic (exact) mass is 461 g/mol. The van der Waals surface area contributed by atoms with Gasteiger partial charge in [-0.15, -0.1) is 0 Å². The van der Waals surface area contributed by atoms with Crippen LogP contribution in [0.3, 0.4) is 0 Å². The van der Waals surface area contributed by atoms with Crippen molar-refractivity contribution in [2.75, 3.05) is 19.7 Å². The molecule has 1 fully saturated rings. The molecule has 0 radical (unpaired) electrons. The van der Waals surface area contributed by atoms with E-state index in [4.69, 9.17) is 14.3 Å². The number of aromatic nitrogens is 1. The molecule has 0 saturated carbocycles. The van der Waals surface area contributed by atoms with Gasteiger partial charge < -0.3 is 24.5 Å². The molecular weight excluding hydrogens is 438 g/mol. The average molecular weight is 461 g/mol. The molecule has 9 nitrogen and oxygen atoms in total. The number of hydrogen-bond donors (Lipinski definition) is 2. The number of carbonyl (C=O) groups is 3. The number of alkyl carbamates (subject to hydrolysis) is 1. The van der Waals surface area contributed by atoms with Crippen LogP contribution in [0.5, 0.6) is 0 Å². The van der Waals surface area contributed by atoms with Gasteiger partial charge in [0.05, 0.1) is 13.0 Å². The zero-order chi connectivity index (χ0) is 23.7. The number of amides is 2. The average Bonchev–Trinajstić information content (AvgIpc) is 3.40. The molecule has 2 aliphatic rings. The fourth-order valence-electron chi connectivity index (χ4n) is 4.63. The number of benzene rings is 2. The maximum absolute atomic E-state index is 12.6. The molecule has 9 heteroatoms. The van der Waals surface area contributed by atoms with Crippen molar-refractivity contribution in [2.45, 2.75) is 18.9 Å². The second-order valence-electron chi connectivity index (χ2n) is 8.48. The largest absolute Gasteiger partial charge is 0.481 e. The summed E-state index contributed by atoms with van der Waals surface area (Å²) in [7, 11) is 0. The fraction of sp³-hybridized carbons (Fsp3) is 0.280. The van der Waals surface area contributed by atoms with Crippen LogP contribution >= 0.6 is 0 Å². The van der Waals surface area contributed by atoms with E-state index >= 15 is 0 Å². The van der Waals surface area contributed by atoms with Crippen molar-refractivity contribution in [1.29, 1.82) is 0 Å². The molecule has 2 aromatic carbocycles. The number of oxazole rings is 1. The first-order valence-corrected chi connectivity index (χ1v) is 11.0. The summed E-state index contributed by atoms with van der Waals surface area (Å²) >= 11 is 0. The molecule has 2 amide bonds. The Morgan fingerprint density at radius 3 is 2.35 bits per heavy atom. The van der Waals surface area contributed by atoms with E-state index in [1.807, 2.05) is 36.4 Å². The van der Waals surface area contributed by atoms with Crippen molar-refractivity contribution in [3.63, 3.8) is 0 Å². The molecule has 1 aromatic heterocycles. The fourth-order valence-corrected chi connectivity index (χ4v) is 4.63. The minimum Gasteiger partial charge on any atom is -0.481 e. The van der Waals surface area contributed by atoms with Crippen LogP contribution in [-0.4, -0.2) is 52.7 Å². The standard InChI is InChI=1S/C25H23N3O6/c29-22(30)9-15-11-28(12-15)24(31)23-21(34-14-27-23)10-26-25(32)33-13-20-18-7-3-1-5-16(18)17-6-2-4-8-19(17)20/h1-8,14-15,20H,9-13H2,(H,26,32)(H,29,30). The van der Waals surface area contributed by atoms with Crippen molar-refractivity contribution >= 4 is 18.0 Å². The van der Waals surface area contributed by atoms with Crippen molar-refractivity contribution in [3.8, 4) is 11.1 Å². The first kappa shape index (κ1) is 21.7. The minimum atomic E-state index is -0.883.